The van der Waals surface area contributed by atoms with E-state index in [4.69, 9.17) is 5.11 Å². The summed E-state index contributed by atoms with van der Waals surface area (Å²) >= 11 is 0. The second-order valence-electron chi connectivity index (χ2n) is 4.06. The van der Waals surface area contributed by atoms with Crippen molar-refractivity contribution in [3.63, 3.8) is 0 Å². The van der Waals surface area contributed by atoms with Gasteiger partial charge in [0, 0.05) is 18.1 Å². The van der Waals surface area contributed by atoms with Crippen molar-refractivity contribution in [2.45, 2.75) is 31.7 Å². The normalized spacial score (nSPS) is 17.9. The van der Waals surface area contributed by atoms with Gasteiger partial charge in [-0.3, -0.25) is 4.98 Å². The minimum atomic E-state index is -0.759. The highest BCUT2D eigenvalue weighted by Gasteiger charge is 2.44. The van der Waals surface area contributed by atoms with Crippen LogP contribution in [0.4, 0.5) is 5.69 Å². The summed E-state index contributed by atoms with van der Waals surface area (Å²) in [5, 5.41) is 12.3. The van der Waals surface area contributed by atoms with E-state index in [2.05, 4.69) is 10.3 Å². The smallest absolute Gasteiger partial charge is 0.329 e. The summed E-state index contributed by atoms with van der Waals surface area (Å²) in [5.74, 6) is -0.759. The molecule has 80 valence electrons. The van der Waals surface area contributed by atoms with E-state index in [1.165, 1.54) is 0 Å². The van der Waals surface area contributed by atoms with Crippen LogP contribution in [0.5, 0.6) is 0 Å². The molecule has 1 aromatic rings. The average molecular weight is 206 g/mol. The molecule has 15 heavy (non-hydrogen) atoms. The zero-order chi connectivity index (χ0) is 10.9. The number of carboxylic acids is 1. The van der Waals surface area contributed by atoms with Crippen molar-refractivity contribution in [1.29, 1.82) is 0 Å². The van der Waals surface area contributed by atoms with Crippen LogP contribution < -0.4 is 5.32 Å². The number of hydrogen-bond acceptors (Lipinski definition) is 3. The Balaban J connectivity index is 2.21. The molecule has 0 aliphatic heterocycles. The van der Waals surface area contributed by atoms with E-state index in [9.17, 15) is 4.79 Å². The summed E-state index contributed by atoms with van der Waals surface area (Å²) in [6, 6.07) is 1.82. The van der Waals surface area contributed by atoms with Gasteiger partial charge >= 0.3 is 5.97 Å². The predicted molar refractivity (Wildman–Crippen MR) is 56.8 cm³/mol. The van der Waals surface area contributed by atoms with Crippen LogP contribution in [0.2, 0.25) is 0 Å². The number of aliphatic carboxylic acids is 1. The number of aromatic nitrogens is 1. The number of hydrogen-bond donors (Lipinski definition) is 2. The Morgan fingerprint density at radius 2 is 2.33 bits per heavy atom. The Labute approximate surface area is 88.3 Å². The third-order valence-electron chi connectivity index (χ3n) is 3.01. The number of nitrogens with zero attached hydrogens (tertiary/aromatic N) is 1. The van der Waals surface area contributed by atoms with Crippen LogP contribution in [0.15, 0.2) is 18.5 Å². The van der Waals surface area contributed by atoms with Crippen LogP contribution in [-0.2, 0) is 4.79 Å². The summed E-state index contributed by atoms with van der Waals surface area (Å²) in [5.41, 5.74) is 1.10. The standard InChI is InChI=1S/C11H14N2O2/c1-8-7-12-6-3-9(8)13-11(10(14)15)4-2-5-11/h3,6-7H,2,4-5H2,1H3,(H,12,13)(H,14,15). The van der Waals surface area contributed by atoms with Gasteiger partial charge in [-0.25, -0.2) is 4.79 Å². The van der Waals surface area contributed by atoms with Crippen LogP contribution >= 0.6 is 0 Å². The summed E-state index contributed by atoms with van der Waals surface area (Å²) in [6.45, 7) is 1.92. The van der Waals surface area contributed by atoms with Gasteiger partial charge in [0.1, 0.15) is 5.54 Å². The van der Waals surface area contributed by atoms with Crippen LogP contribution in [0.3, 0.4) is 0 Å². The summed E-state index contributed by atoms with van der Waals surface area (Å²) < 4.78 is 0. The third-order valence-corrected chi connectivity index (χ3v) is 3.01. The third kappa shape index (κ3) is 1.67. The highest BCUT2D eigenvalue weighted by Crippen LogP contribution is 2.36. The molecule has 0 amide bonds. The van der Waals surface area contributed by atoms with Crippen LogP contribution in [0.25, 0.3) is 0 Å². The first kappa shape index (κ1) is 9.96. The number of nitrogens with one attached hydrogen (secondary N) is 1. The Morgan fingerprint density at radius 3 is 2.80 bits per heavy atom. The van der Waals surface area contributed by atoms with Gasteiger partial charge in [0.2, 0.25) is 0 Å². The lowest BCUT2D eigenvalue weighted by Gasteiger charge is -2.39. The van der Waals surface area contributed by atoms with Crippen LogP contribution in [-0.4, -0.2) is 21.6 Å². The number of carboxylic acid groups (broad SMARTS) is 1. The van der Waals surface area contributed by atoms with Gasteiger partial charge in [0.15, 0.2) is 0 Å². The second-order valence-corrected chi connectivity index (χ2v) is 4.06. The molecular weight excluding hydrogens is 192 g/mol. The maximum Gasteiger partial charge on any atom is 0.329 e. The zero-order valence-electron chi connectivity index (χ0n) is 8.66. The van der Waals surface area contributed by atoms with Crippen molar-refractivity contribution in [2.75, 3.05) is 5.32 Å². The molecule has 2 rings (SSSR count). The molecule has 0 unspecified atom stereocenters. The van der Waals surface area contributed by atoms with Gasteiger partial charge in [-0.1, -0.05) is 0 Å². The van der Waals surface area contributed by atoms with Crippen molar-refractivity contribution < 1.29 is 9.90 Å². The van der Waals surface area contributed by atoms with Crippen molar-refractivity contribution in [3.05, 3.63) is 24.0 Å². The van der Waals surface area contributed by atoms with E-state index < -0.39 is 11.5 Å². The summed E-state index contributed by atoms with van der Waals surface area (Å²) in [4.78, 5) is 15.1. The molecule has 0 aromatic carbocycles. The fourth-order valence-electron chi connectivity index (χ4n) is 1.79. The van der Waals surface area contributed by atoms with Crippen molar-refractivity contribution in [3.8, 4) is 0 Å². The fourth-order valence-corrected chi connectivity index (χ4v) is 1.79. The fraction of sp³-hybridized carbons (Fsp3) is 0.455. The minimum Gasteiger partial charge on any atom is -0.480 e. The van der Waals surface area contributed by atoms with Crippen molar-refractivity contribution >= 4 is 11.7 Å². The first-order valence-electron chi connectivity index (χ1n) is 5.06. The zero-order valence-corrected chi connectivity index (χ0v) is 8.66. The lowest BCUT2D eigenvalue weighted by Crippen LogP contribution is -2.52. The van der Waals surface area contributed by atoms with Gasteiger partial charge < -0.3 is 10.4 Å². The Morgan fingerprint density at radius 1 is 1.60 bits per heavy atom. The van der Waals surface area contributed by atoms with Gasteiger partial charge in [0.05, 0.1) is 0 Å². The van der Waals surface area contributed by atoms with Gasteiger partial charge in [-0.2, -0.15) is 0 Å². The number of aryl methyl sites for hydroxylation is 1. The molecule has 4 heteroatoms. The maximum atomic E-state index is 11.1. The first-order valence-corrected chi connectivity index (χ1v) is 5.06. The largest absolute Gasteiger partial charge is 0.480 e. The van der Waals surface area contributed by atoms with E-state index in [-0.39, 0.29) is 0 Å². The molecule has 1 fully saturated rings. The van der Waals surface area contributed by atoms with Crippen LogP contribution in [0.1, 0.15) is 24.8 Å². The average Bonchev–Trinajstić information content (AvgIpc) is 2.13. The Bertz CT molecular complexity index is 386. The Kier molecular flexibility index (Phi) is 2.34. The number of carbonyl (C=O) groups is 1. The SMILES string of the molecule is Cc1cnccc1NC1(C(=O)O)CCC1. The lowest BCUT2D eigenvalue weighted by molar-refractivity contribution is -0.145. The molecule has 1 aliphatic carbocycles. The van der Waals surface area contributed by atoms with Gasteiger partial charge in [-0.05, 0) is 37.8 Å². The summed E-state index contributed by atoms with van der Waals surface area (Å²) in [6.07, 6.45) is 5.78. The lowest BCUT2D eigenvalue weighted by atomic mass is 9.76. The molecule has 0 spiro atoms. The van der Waals surface area contributed by atoms with Crippen molar-refractivity contribution in [2.24, 2.45) is 0 Å². The van der Waals surface area contributed by atoms with E-state index in [0.717, 1.165) is 17.7 Å². The number of anilines is 1. The highest BCUT2D eigenvalue weighted by molar-refractivity contribution is 5.84. The van der Waals surface area contributed by atoms with Gasteiger partial charge in [-0.15, -0.1) is 0 Å². The van der Waals surface area contributed by atoms with E-state index in [1.807, 2.05) is 13.0 Å². The minimum absolute atomic E-state index is 0.699. The van der Waals surface area contributed by atoms with Gasteiger partial charge in [0.25, 0.3) is 0 Å². The molecule has 1 aliphatic rings. The molecule has 0 atom stereocenters. The van der Waals surface area contributed by atoms with Crippen molar-refractivity contribution in [1.82, 2.24) is 4.98 Å². The molecular formula is C11H14N2O2. The van der Waals surface area contributed by atoms with E-state index >= 15 is 0 Å². The molecule has 1 aromatic heterocycles. The highest BCUT2D eigenvalue weighted by atomic mass is 16.4. The molecule has 4 nitrogen and oxygen atoms in total. The molecule has 2 N–H and O–H groups in total. The quantitative estimate of drug-likeness (QED) is 0.791. The van der Waals surface area contributed by atoms with E-state index in [0.29, 0.717) is 12.8 Å². The first-order chi connectivity index (χ1) is 7.14. The second kappa shape index (κ2) is 3.53. The molecule has 1 saturated carbocycles. The maximum absolute atomic E-state index is 11.1. The topological polar surface area (TPSA) is 62.2 Å². The molecule has 1 heterocycles. The number of rotatable bonds is 3. The molecule has 0 saturated heterocycles. The van der Waals surface area contributed by atoms with E-state index in [1.54, 1.807) is 12.4 Å². The predicted octanol–water partition coefficient (Wildman–Crippen LogP) is 1.81. The Hall–Kier alpha value is -1.58. The molecule has 0 bridgehead atoms. The summed E-state index contributed by atoms with van der Waals surface area (Å²) in [7, 11) is 0. The monoisotopic (exact) mass is 206 g/mol. The number of pyridine rings is 1. The molecule has 0 radical (unpaired) electrons. The van der Waals surface area contributed by atoms with Crippen LogP contribution in [0, 0.1) is 6.92 Å².